The first-order chi connectivity index (χ1) is 8.60. The van der Waals surface area contributed by atoms with Crippen LogP contribution in [0.25, 0.3) is 0 Å². The van der Waals surface area contributed by atoms with E-state index in [4.69, 9.17) is 16.3 Å². The Balaban J connectivity index is 2.22. The second-order valence-corrected chi connectivity index (χ2v) is 5.74. The summed E-state index contributed by atoms with van der Waals surface area (Å²) < 4.78 is 5.78. The van der Waals surface area contributed by atoms with Crippen molar-refractivity contribution in [3.05, 3.63) is 22.7 Å². The molecule has 2 rings (SSSR count). The van der Waals surface area contributed by atoms with Crippen molar-refractivity contribution in [2.24, 2.45) is 11.8 Å². The van der Waals surface area contributed by atoms with Gasteiger partial charge in [-0.15, -0.1) is 0 Å². The lowest BCUT2D eigenvalue weighted by atomic mass is 10.1. The van der Waals surface area contributed by atoms with Crippen LogP contribution in [-0.2, 0) is 11.2 Å². The van der Waals surface area contributed by atoms with Crippen LogP contribution in [0.3, 0.4) is 0 Å². The van der Waals surface area contributed by atoms with Crippen molar-refractivity contribution in [2.45, 2.75) is 46.1 Å². The van der Waals surface area contributed by atoms with Gasteiger partial charge < -0.3 is 4.74 Å². The molecule has 1 atom stereocenters. The molecule has 4 heteroatoms. The standard InChI is InChI=1S/C14H21ClN2O/c1-4-18-13(10-5-6-10)14-16-11(7-9(2)3)8-12(15)17-14/h8-10,13H,4-7H2,1-3H3. The zero-order chi connectivity index (χ0) is 13.1. The van der Waals surface area contributed by atoms with E-state index in [0.717, 1.165) is 17.9 Å². The van der Waals surface area contributed by atoms with E-state index in [2.05, 4.69) is 23.8 Å². The van der Waals surface area contributed by atoms with E-state index in [-0.39, 0.29) is 6.10 Å². The molecule has 1 aromatic rings. The second-order valence-electron chi connectivity index (χ2n) is 5.35. The number of hydrogen-bond acceptors (Lipinski definition) is 3. The number of rotatable bonds is 6. The SMILES string of the molecule is CCOC(c1nc(Cl)cc(CC(C)C)n1)C1CC1. The average Bonchev–Trinajstić information content (AvgIpc) is 3.07. The average molecular weight is 269 g/mol. The van der Waals surface area contributed by atoms with Crippen LogP contribution < -0.4 is 0 Å². The third kappa shape index (κ3) is 3.66. The molecule has 0 aliphatic heterocycles. The molecule has 0 bridgehead atoms. The van der Waals surface area contributed by atoms with Gasteiger partial charge in [0.15, 0.2) is 5.82 Å². The van der Waals surface area contributed by atoms with Gasteiger partial charge in [0.1, 0.15) is 11.3 Å². The minimum atomic E-state index is 0.0274. The number of halogens is 1. The summed E-state index contributed by atoms with van der Waals surface area (Å²) in [6, 6.07) is 1.86. The highest BCUT2D eigenvalue weighted by atomic mass is 35.5. The van der Waals surface area contributed by atoms with Crippen LogP contribution in [0.5, 0.6) is 0 Å². The van der Waals surface area contributed by atoms with Crippen LogP contribution in [0.2, 0.25) is 5.15 Å². The summed E-state index contributed by atoms with van der Waals surface area (Å²) in [5, 5.41) is 0.529. The zero-order valence-electron chi connectivity index (χ0n) is 11.3. The summed E-state index contributed by atoms with van der Waals surface area (Å²) in [5.74, 6) is 1.91. The van der Waals surface area contributed by atoms with Gasteiger partial charge in [-0.2, -0.15) is 0 Å². The molecule has 0 N–H and O–H groups in total. The second kappa shape index (κ2) is 5.98. The van der Waals surface area contributed by atoms with Gasteiger partial charge >= 0.3 is 0 Å². The van der Waals surface area contributed by atoms with Gasteiger partial charge in [0, 0.05) is 12.3 Å². The molecular weight excluding hydrogens is 248 g/mol. The van der Waals surface area contributed by atoms with Crippen LogP contribution in [0.1, 0.15) is 51.2 Å². The van der Waals surface area contributed by atoms with Crippen molar-refractivity contribution < 1.29 is 4.74 Å². The number of aromatic nitrogens is 2. The molecule has 0 spiro atoms. The molecule has 1 aliphatic rings. The summed E-state index contributed by atoms with van der Waals surface area (Å²) in [4.78, 5) is 8.98. The maximum Gasteiger partial charge on any atom is 0.159 e. The molecule has 0 aromatic carbocycles. The highest BCUT2D eigenvalue weighted by Gasteiger charge is 2.35. The van der Waals surface area contributed by atoms with Gasteiger partial charge in [-0.25, -0.2) is 9.97 Å². The fraction of sp³-hybridized carbons (Fsp3) is 0.714. The summed E-state index contributed by atoms with van der Waals surface area (Å²) in [6.07, 6.45) is 3.37. The molecule has 3 nitrogen and oxygen atoms in total. The first-order valence-corrected chi connectivity index (χ1v) is 7.13. The quantitative estimate of drug-likeness (QED) is 0.736. The maximum absolute atomic E-state index is 6.10. The molecule has 0 radical (unpaired) electrons. The van der Waals surface area contributed by atoms with Gasteiger partial charge in [0.25, 0.3) is 0 Å². The molecule has 0 saturated heterocycles. The topological polar surface area (TPSA) is 35.0 Å². The number of nitrogens with zero attached hydrogens (tertiary/aromatic N) is 2. The Morgan fingerprint density at radius 2 is 2.11 bits per heavy atom. The summed E-state index contributed by atoms with van der Waals surface area (Å²) in [5.41, 5.74) is 1.02. The highest BCUT2D eigenvalue weighted by molar-refractivity contribution is 6.29. The van der Waals surface area contributed by atoms with Crippen LogP contribution in [0.4, 0.5) is 0 Å². The molecule has 1 aliphatic carbocycles. The lowest BCUT2D eigenvalue weighted by molar-refractivity contribution is 0.0398. The van der Waals surface area contributed by atoms with Crippen molar-refractivity contribution in [1.29, 1.82) is 0 Å². The van der Waals surface area contributed by atoms with E-state index in [9.17, 15) is 0 Å². The minimum Gasteiger partial charge on any atom is -0.370 e. The first kappa shape index (κ1) is 13.8. The Hall–Kier alpha value is -0.670. The molecule has 1 fully saturated rings. The summed E-state index contributed by atoms with van der Waals surface area (Å²) in [6.45, 7) is 7.05. The van der Waals surface area contributed by atoms with E-state index in [1.165, 1.54) is 12.8 Å². The minimum absolute atomic E-state index is 0.0274. The van der Waals surface area contributed by atoms with Crippen LogP contribution in [-0.4, -0.2) is 16.6 Å². The number of hydrogen-bond donors (Lipinski definition) is 0. The maximum atomic E-state index is 6.10. The van der Waals surface area contributed by atoms with Crippen LogP contribution >= 0.6 is 11.6 Å². The Labute approximate surface area is 114 Å². The predicted molar refractivity (Wildman–Crippen MR) is 72.7 cm³/mol. The summed E-state index contributed by atoms with van der Waals surface area (Å²) >= 11 is 6.10. The first-order valence-electron chi connectivity index (χ1n) is 6.75. The molecule has 1 heterocycles. The van der Waals surface area contributed by atoms with E-state index in [0.29, 0.717) is 23.6 Å². The Bertz CT molecular complexity index is 405. The fourth-order valence-electron chi connectivity index (χ4n) is 2.13. The van der Waals surface area contributed by atoms with Crippen molar-refractivity contribution in [3.8, 4) is 0 Å². The van der Waals surface area contributed by atoms with E-state index in [1.54, 1.807) is 0 Å². The van der Waals surface area contributed by atoms with Crippen LogP contribution in [0.15, 0.2) is 6.07 Å². The van der Waals surface area contributed by atoms with E-state index >= 15 is 0 Å². The molecule has 1 saturated carbocycles. The van der Waals surface area contributed by atoms with Gasteiger partial charge in [0.2, 0.25) is 0 Å². The third-order valence-corrected chi connectivity index (χ3v) is 3.23. The van der Waals surface area contributed by atoms with Gasteiger partial charge in [-0.1, -0.05) is 25.4 Å². The fourth-order valence-corrected chi connectivity index (χ4v) is 2.35. The van der Waals surface area contributed by atoms with Crippen molar-refractivity contribution in [1.82, 2.24) is 9.97 Å². The molecule has 0 amide bonds. The predicted octanol–water partition coefficient (Wildman–Crippen LogP) is 3.82. The Morgan fingerprint density at radius 1 is 1.39 bits per heavy atom. The molecular formula is C14H21ClN2O. The van der Waals surface area contributed by atoms with Crippen molar-refractivity contribution >= 4 is 11.6 Å². The van der Waals surface area contributed by atoms with E-state index < -0.39 is 0 Å². The lowest BCUT2D eigenvalue weighted by Gasteiger charge is -2.16. The van der Waals surface area contributed by atoms with Crippen molar-refractivity contribution in [3.63, 3.8) is 0 Å². The molecule has 1 aromatic heterocycles. The van der Waals surface area contributed by atoms with E-state index in [1.807, 2.05) is 13.0 Å². The lowest BCUT2D eigenvalue weighted by Crippen LogP contribution is -2.13. The van der Waals surface area contributed by atoms with Crippen LogP contribution in [0, 0.1) is 11.8 Å². The van der Waals surface area contributed by atoms with Crippen molar-refractivity contribution in [2.75, 3.05) is 6.61 Å². The number of ether oxygens (including phenoxy) is 1. The zero-order valence-corrected chi connectivity index (χ0v) is 12.1. The normalized spacial score (nSPS) is 17.2. The largest absolute Gasteiger partial charge is 0.370 e. The summed E-state index contributed by atoms with van der Waals surface area (Å²) in [7, 11) is 0. The highest BCUT2D eigenvalue weighted by Crippen LogP contribution is 2.42. The Kier molecular flexibility index (Phi) is 4.57. The Morgan fingerprint density at radius 3 is 2.67 bits per heavy atom. The van der Waals surface area contributed by atoms with Gasteiger partial charge in [-0.05, 0) is 44.1 Å². The molecule has 18 heavy (non-hydrogen) atoms. The van der Waals surface area contributed by atoms with Gasteiger partial charge in [0.05, 0.1) is 0 Å². The monoisotopic (exact) mass is 268 g/mol. The van der Waals surface area contributed by atoms with Gasteiger partial charge in [-0.3, -0.25) is 0 Å². The molecule has 1 unspecified atom stereocenters. The third-order valence-electron chi connectivity index (χ3n) is 3.03. The smallest absolute Gasteiger partial charge is 0.159 e. The molecule has 100 valence electrons.